The van der Waals surface area contributed by atoms with Crippen LogP contribution in [0.4, 0.5) is 11.5 Å². The zero-order valence-electron chi connectivity index (χ0n) is 14.3. The van der Waals surface area contributed by atoms with E-state index in [0.717, 1.165) is 44.2 Å². The van der Waals surface area contributed by atoms with Gasteiger partial charge in [-0.05, 0) is 29.8 Å². The summed E-state index contributed by atoms with van der Waals surface area (Å²) in [6.07, 6.45) is 1.62. The topological polar surface area (TPSA) is 72.3 Å². The average molecular weight is 335 g/mol. The van der Waals surface area contributed by atoms with Crippen LogP contribution < -0.4 is 10.2 Å². The Morgan fingerprint density at radius 2 is 1.88 bits per heavy atom. The number of pyridine rings is 1. The van der Waals surface area contributed by atoms with E-state index < -0.39 is 0 Å². The first-order valence-corrected chi connectivity index (χ1v) is 8.34. The summed E-state index contributed by atoms with van der Waals surface area (Å²) in [4.78, 5) is 20.1. The smallest absolute Gasteiger partial charge is 0.221 e. The van der Waals surface area contributed by atoms with Crippen LogP contribution in [-0.2, 0) is 11.3 Å². The van der Waals surface area contributed by atoms with E-state index in [4.69, 9.17) is 5.26 Å². The Balaban J connectivity index is 1.52. The summed E-state index contributed by atoms with van der Waals surface area (Å²) in [5.74, 6) is 0.874. The molecule has 0 saturated carbocycles. The fourth-order valence-electron chi connectivity index (χ4n) is 2.93. The van der Waals surface area contributed by atoms with Gasteiger partial charge in [-0.2, -0.15) is 5.26 Å². The minimum Gasteiger partial charge on any atom is -0.354 e. The van der Waals surface area contributed by atoms with Crippen molar-refractivity contribution in [3.63, 3.8) is 0 Å². The highest BCUT2D eigenvalue weighted by molar-refractivity contribution is 5.88. The van der Waals surface area contributed by atoms with Crippen molar-refractivity contribution in [2.24, 2.45) is 0 Å². The molecule has 0 unspecified atom stereocenters. The number of amides is 1. The Labute approximate surface area is 147 Å². The van der Waals surface area contributed by atoms with Gasteiger partial charge in [-0.15, -0.1) is 0 Å². The van der Waals surface area contributed by atoms with Gasteiger partial charge in [0, 0.05) is 51.5 Å². The highest BCUT2D eigenvalue weighted by atomic mass is 16.1. The van der Waals surface area contributed by atoms with Gasteiger partial charge in [-0.1, -0.05) is 12.1 Å². The van der Waals surface area contributed by atoms with Crippen LogP contribution in [0.2, 0.25) is 0 Å². The largest absolute Gasteiger partial charge is 0.354 e. The van der Waals surface area contributed by atoms with Crippen molar-refractivity contribution in [3.8, 4) is 6.07 Å². The summed E-state index contributed by atoms with van der Waals surface area (Å²) in [5, 5.41) is 11.6. The first-order valence-electron chi connectivity index (χ1n) is 8.34. The number of hydrogen-bond acceptors (Lipinski definition) is 5. The molecule has 1 N–H and O–H groups in total. The zero-order valence-corrected chi connectivity index (χ0v) is 14.3. The summed E-state index contributed by atoms with van der Waals surface area (Å²) in [7, 11) is 0. The maximum atomic E-state index is 11.1. The third-order valence-corrected chi connectivity index (χ3v) is 4.25. The minimum absolute atomic E-state index is 0.0553. The van der Waals surface area contributed by atoms with Gasteiger partial charge in [0.1, 0.15) is 11.9 Å². The van der Waals surface area contributed by atoms with Crippen LogP contribution in [0.1, 0.15) is 18.1 Å². The highest BCUT2D eigenvalue weighted by Crippen LogP contribution is 2.16. The molecule has 1 aromatic heterocycles. The number of nitrogens with one attached hydrogen (secondary N) is 1. The van der Waals surface area contributed by atoms with E-state index in [1.165, 1.54) is 12.5 Å². The second-order valence-electron chi connectivity index (χ2n) is 6.16. The van der Waals surface area contributed by atoms with E-state index in [-0.39, 0.29) is 5.91 Å². The first-order chi connectivity index (χ1) is 12.1. The lowest BCUT2D eigenvalue weighted by Crippen LogP contribution is -2.46. The number of carbonyl (C=O) groups excluding carboxylic acids is 1. The molecule has 0 radical (unpaired) electrons. The van der Waals surface area contributed by atoms with E-state index in [2.05, 4.69) is 38.3 Å². The molecule has 1 aliphatic heterocycles. The van der Waals surface area contributed by atoms with Crippen molar-refractivity contribution in [2.45, 2.75) is 13.5 Å². The highest BCUT2D eigenvalue weighted by Gasteiger charge is 2.18. The van der Waals surface area contributed by atoms with Gasteiger partial charge in [-0.3, -0.25) is 9.69 Å². The van der Waals surface area contributed by atoms with Crippen LogP contribution in [-0.4, -0.2) is 42.0 Å². The third-order valence-electron chi connectivity index (χ3n) is 4.25. The van der Waals surface area contributed by atoms with Crippen LogP contribution in [0.3, 0.4) is 0 Å². The van der Waals surface area contributed by atoms with Gasteiger partial charge in [0.25, 0.3) is 0 Å². The molecule has 6 nitrogen and oxygen atoms in total. The van der Waals surface area contributed by atoms with Gasteiger partial charge < -0.3 is 10.2 Å². The van der Waals surface area contributed by atoms with E-state index in [1.807, 2.05) is 24.3 Å². The van der Waals surface area contributed by atoms with Crippen LogP contribution in [0.25, 0.3) is 0 Å². The number of nitriles is 1. The quantitative estimate of drug-likeness (QED) is 0.928. The predicted octanol–water partition coefficient (Wildman–Crippen LogP) is 2.23. The number of carbonyl (C=O) groups is 1. The van der Waals surface area contributed by atoms with Crippen molar-refractivity contribution >= 4 is 17.4 Å². The predicted molar refractivity (Wildman–Crippen MR) is 97.2 cm³/mol. The van der Waals surface area contributed by atoms with Crippen LogP contribution in [0, 0.1) is 11.3 Å². The zero-order chi connectivity index (χ0) is 17.6. The number of hydrogen-bond donors (Lipinski definition) is 1. The molecule has 2 aromatic rings. The number of rotatable bonds is 4. The monoisotopic (exact) mass is 335 g/mol. The molecule has 3 rings (SSSR count). The van der Waals surface area contributed by atoms with Gasteiger partial charge in [0.05, 0.1) is 5.56 Å². The lowest BCUT2D eigenvalue weighted by Gasteiger charge is -2.35. The maximum Gasteiger partial charge on any atom is 0.221 e. The summed E-state index contributed by atoms with van der Waals surface area (Å²) < 4.78 is 0. The molecule has 0 bridgehead atoms. The number of anilines is 2. The fourth-order valence-corrected chi connectivity index (χ4v) is 2.93. The first kappa shape index (κ1) is 16.9. The lowest BCUT2D eigenvalue weighted by atomic mass is 10.1. The molecular weight excluding hydrogens is 314 g/mol. The maximum absolute atomic E-state index is 11.1. The molecule has 1 amide bonds. The van der Waals surface area contributed by atoms with Crippen molar-refractivity contribution in [3.05, 3.63) is 53.7 Å². The Morgan fingerprint density at radius 1 is 1.16 bits per heavy atom. The van der Waals surface area contributed by atoms with E-state index in [1.54, 1.807) is 6.20 Å². The van der Waals surface area contributed by atoms with Gasteiger partial charge >= 0.3 is 0 Å². The van der Waals surface area contributed by atoms with Gasteiger partial charge in [0.2, 0.25) is 5.91 Å². The number of nitrogens with zero attached hydrogens (tertiary/aromatic N) is 4. The molecule has 6 heteroatoms. The molecule has 25 heavy (non-hydrogen) atoms. The average Bonchev–Trinajstić information content (AvgIpc) is 2.64. The third kappa shape index (κ3) is 4.55. The molecule has 1 aromatic carbocycles. The van der Waals surface area contributed by atoms with Crippen LogP contribution in [0.15, 0.2) is 42.6 Å². The van der Waals surface area contributed by atoms with Crippen LogP contribution >= 0.6 is 0 Å². The second-order valence-corrected chi connectivity index (χ2v) is 6.16. The molecular formula is C19H21N5O. The van der Waals surface area contributed by atoms with Gasteiger partial charge in [0.15, 0.2) is 0 Å². The molecule has 1 aliphatic rings. The van der Waals surface area contributed by atoms with Crippen LogP contribution in [0.5, 0.6) is 0 Å². The van der Waals surface area contributed by atoms with Crippen molar-refractivity contribution in [1.29, 1.82) is 5.26 Å². The van der Waals surface area contributed by atoms with Gasteiger partial charge in [-0.25, -0.2) is 4.98 Å². The van der Waals surface area contributed by atoms with Crippen molar-refractivity contribution < 1.29 is 4.79 Å². The SMILES string of the molecule is CC(=O)Nc1ccc(CN2CCN(c3ccc(C#N)cn3)CC2)cc1. The number of aromatic nitrogens is 1. The molecule has 2 heterocycles. The Hall–Kier alpha value is -2.91. The molecule has 0 spiro atoms. The Bertz CT molecular complexity index is 756. The molecule has 1 saturated heterocycles. The summed E-state index contributed by atoms with van der Waals surface area (Å²) in [6.45, 7) is 6.18. The van der Waals surface area contributed by atoms with E-state index in [0.29, 0.717) is 5.56 Å². The lowest BCUT2D eigenvalue weighted by molar-refractivity contribution is -0.114. The number of benzene rings is 1. The van der Waals surface area contributed by atoms with E-state index >= 15 is 0 Å². The fraction of sp³-hybridized carbons (Fsp3) is 0.316. The second kappa shape index (κ2) is 7.77. The number of piperazine rings is 1. The standard InChI is InChI=1S/C19H21N5O/c1-15(25)22-18-5-2-16(3-6-18)14-23-8-10-24(11-9-23)19-7-4-17(12-20)13-21-19/h2-7,13H,8-11,14H2,1H3,(H,22,25). The minimum atomic E-state index is -0.0553. The molecule has 128 valence electrons. The Kier molecular flexibility index (Phi) is 5.26. The molecule has 0 atom stereocenters. The summed E-state index contributed by atoms with van der Waals surface area (Å²) in [6, 6.07) is 13.8. The van der Waals surface area contributed by atoms with Crippen molar-refractivity contribution in [2.75, 3.05) is 36.4 Å². The van der Waals surface area contributed by atoms with Crippen molar-refractivity contribution in [1.82, 2.24) is 9.88 Å². The van der Waals surface area contributed by atoms with E-state index in [9.17, 15) is 4.79 Å². The normalized spacial score (nSPS) is 14.8. The summed E-state index contributed by atoms with van der Waals surface area (Å²) in [5.41, 5.74) is 2.65. The summed E-state index contributed by atoms with van der Waals surface area (Å²) >= 11 is 0. The molecule has 0 aliphatic carbocycles. The Morgan fingerprint density at radius 3 is 2.44 bits per heavy atom. The molecule has 1 fully saturated rings.